The minimum absolute atomic E-state index is 0.0794. The van der Waals surface area contributed by atoms with Crippen molar-refractivity contribution >= 4 is 27.9 Å². The lowest BCUT2D eigenvalue weighted by atomic mass is 9.96. The third-order valence-electron chi connectivity index (χ3n) is 6.17. The number of nitrogens with one attached hydrogen (secondary N) is 1. The largest absolute Gasteiger partial charge is 0.338 e. The van der Waals surface area contributed by atoms with E-state index in [1.54, 1.807) is 31.2 Å². The van der Waals surface area contributed by atoms with E-state index in [0.717, 1.165) is 17.7 Å². The van der Waals surface area contributed by atoms with Crippen molar-refractivity contribution in [3.8, 4) is 0 Å². The van der Waals surface area contributed by atoms with Gasteiger partial charge in [0.2, 0.25) is 15.9 Å². The van der Waals surface area contributed by atoms with Crippen LogP contribution in [0.3, 0.4) is 0 Å². The fraction of sp³-hybridized carbons (Fsp3) is 0.550. The molecule has 1 N–H and O–H groups in total. The van der Waals surface area contributed by atoms with E-state index in [1.165, 1.54) is 9.21 Å². The Morgan fingerprint density at radius 3 is 2.33 bits per heavy atom. The zero-order valence-corrected chi connectivity index (χ0v) is 17.7. The third-order valence-corrected chi connectivity index (χ3v) is 8.02. The van der Waals surface area contributed by atoms with Gasteiger partial charge in [-0.05, 0) is 31.2 Å². The van der Waals surface area contributed by atoms with E-state index in [2.05, 4.69) is 5.32 Å². The third kappa shape index (κ3) is 3.93. The number of rotatable bonds is 6. The van der Waals surface area contributed by atoms with Crippen molar-refractivity contribution in [2.45, 2.75) is 31.1 Å². The highest BCUT2D eigenvalue weighted by molar-refractivity contribution is 7.88. The molecule has 0 bridgehead atoms. The SMILES string of the molecule is C[C@@]1(C2CC2)NC(=O)N(CC(=O)N2CCN(S(=O)(=O)Cc3ccccc3)CC2)C1=O. The predicted molar refractivity (Wildman–Crippen MR) is 109 cm³/mol. The van der Waals surface area contributed by atoms with E-state index in [9.17, 15) is 22.8 Å². The second-order valence-electron chi connectivity index (χ2n) is 8.32. The van der Waals surface area contributed by atoms with Crippen molar-refractivity contribution in [1.29, 1.82) is 0 Å². The van der Waals surface area contributed by atoms with Gasteiger partial charge >= 0.3 is 6.03 Å². The van der Waals surface area contributed by atoms with Crippen LogP contribution >= 0.6 is 0 Å². The molecular formula is C20H26N4O5S. The maximum atomic E-state index is 12.7. The number of hydrogen-bond donors (Lipinski definition) is 1. The molecule has 2 saturated heterocycles. The zero-order valence-electron chi connectivity index (χ0n) is 16.9. The van der Waals surface area contributed by atoms with Crippen LogP contribution in [0.15, 0.2) is 30.3 Å². The van der Waals surface area contributed by atoms with Crippen LogP contribution in [0.1, 0.15) is 25.3 Å². The van der Waals surface area contributed by atoms with E-state index in [-0.39, 0.29) is 56.2 Å². The predicted octanol–water partition coefficient (Wildman–Crippen LogP) is 0.381. The summed E-state index contributed by atoms with van der Waals surface area (Å²) in [7, 11) is -3.48. The average molecular weight is 435 g/mol. The molecule has 4 amide bonds. The van der Waals surface area contributed by atoms with Crippen molar-refractivity contribution in [1.82, 2.24) is 19.4 Å². The highest BCUT2D eigenvalue weighted by atomic mass is 32.2. The zero-order chi connectivity index (χ0) is 21.5. The normalized spacial score (nSPS) is 25.5. The maximum absolute atomic E-state index is 12.7. The van der Waals surface area contributed by atoms with Crippen LogP contribution in [0.2, 0.25) is 0 Å². The molecule has 30 heavy (non-hydrogen) atoms. The summed E-state index contributed by atoms with van der Waals surface area (Å²) in [6, 6.07) is 8.43. The first-order valence-corrected chi connectivity index (χ1v) is 11.8. The molecular weight excluding hydrogens is 408 g/mol. The first kappa shape index (κ1) is 20.8. The van der Waals surface area contributed by atoms with Gasteiger partial charge < -0.3 is 10.2 Å². The van der Waals surface area contributed by atoms with E-state index >= 15 is 0 Å². The first-order chi connectivity index (χ1) is 14.2. The monoisotopic (exact) mass is 434 g/mol. The summed E-state index contributed by atoms with van der Waals surface area (Å²) in [5.74, 6) is -0.650. The van der Waals surface area contributed by atoms with Crippen LogP contribution in [-0.2, 0) is 25.4 Å². The molecule has 1 saturated carbocycles. The quantitative estimate of drug-likeness (QED) is 0.652. The van der Waals surface area contributed by atoms with Crippen molar-refractivity contribution < 1.29 is 22.8 Å². The molecule has 9 nitrogen and oxygen atoms in total. The van der Waals surface area contributed by atoms with Crippen LogP contribution < -0.4 is 5.32 Å². The first-order valence-electron chi connectivity index (χ1n) is 10.1. The molecule has 10 heteroatoms. The number of benzene rings is 1. The molecule has 0 spiro atoms. The van der Waals surface area contributed by atoms with Crippen LogP contribution in [0, 0.1) is 5.92 Å². The van der Waals surface area contributed by atoms with Gasteiger partial charge in [0.1, 0.15) is 12.1 Å². The average Bonchev–Trinajstić information content (AvgIpc) is 3.54. The number of sulfonamides is 1. The summed E-state index contributed by atoms with van der Waals surface area (Å²) in [5.41, 5.74) is -0.199. The van der Waals surface area contributed by atoms with Crippen LogP contribution in [-0.4, -0.2) is 78.6 Å². The van der Waals surface area contributed by atoms with Crippen molar-refractivity contribution in [3.63, 3.8) is 0 Å². The van der Waals surface area contributed by atoms with Crippen molar-refractivity contribution in [2.75, 3.05) is 32.7 Å². The number of nitrogens with zero attached hydrogens (tertiary/aromatic N) is 3. The van der Waals surface area contributed by atoms with Crippen molar-refractivity contribution in [2.24, 2.45) is 5.92 Å². The number of carbonyl (C=O) groups is 3. The van der Waals surface area contributed by atoms with E-state index in [4.69, 9.17) is 0 Å². The number of amides is 4. The topological polar surface area (TPSA) is 107 Å². The van der Waals surface area contributed by atoms with Gasteiger partial charge in [0, 0.05) is 26.2 Å². The van der Waals surface area contributed by atoms with E-state index in [1.807, 2.05) is 6.07 Å². The Labute approximate surface area is 176 Å². The lowest BCUT2D eigenvalue weighted by Gasteiger charge is -2.34. The standard InChI is InChI=1S/C20H26N4O5S/c1-20(16-7-8-16)18(26)24(19(27)21-20)13-17(25)22-9-11-23(12-10-22)30(28,29)14-15-5-3-2-4-6-15/h2-6,16H,7-14H2,1H3,(H,21,27)/t20-/m0/s1. The Morgan fingerprint density at radius 1 is 1.10 bits per heavy atom. The Hall–Kier alpha value is -2.46. The molecule has 4 rings (SSSR count). The summed E-state index contributed by atoms with van der Waals surface area (Å²) >= 11 is 0. The number of piperazine rings is 1. The van der Waals surface area contributed by atoms with Crippen LogP contribution in [0.4, 0.5) is 4.79 Å². The molecule has 2 aliphatic heterocycles. The Balaban J connectivity index is 1.32. The van der Waals surface area contributed by atoms with Gasteiger partial charge in [0.05, 0.1) is 5.75 Å². The highest BCUT2D eigenvalue weighted by Crippen LogP contribution is 2.42. The molecule has 0 aromatic heterocycles. The minimum Gasteiger partial charge on any atom is -0.338 e. The molecule has 1 aromatic carbocycles. The molecule has 3 fully saturated rings. The van der Waals surface area contributed by atoms with Crippen LogP contribution in [0.5, 0.6) is 0 Å². The second-order valence-corrected chi connectivity index (χ2v) is 10.3. The molecule has 3 aliphatic rings. The van der Waals surface area contributed by atoms with Gasteiger partial charge in [0.15, 0.2) is 0 Å². The second kappa shape index (κ2) is 7.66. The van der Waals surface area contributed by atoms with Gasteiger partial charge in [-0.2, -0.15) is 4.31 Å². The molecule has 1 atom stereocenters. The molecule has 1 aliphatic carbocycles. The minimum atomic E-state index is -3.48. The molecule has 2 heterocycles. The molecule has 162 valence electrons. The Kier molecular flexibility index (Phi) is 5.31. The molecule has 1 aromatic rings. The van der Waals surface area contributed by atoms with E-state index in [0.29, 0.717) is 5.56 Å². The number of carbonyl (C=O) groups excluding carboxylic acids is 3. The van der Waals surface area contributed by atoms with Gasteiger partial charge in [-0.15, -0.1) is 0 Å². The van der Waals surface area contributed by atoms with E-state index < -0.39 is 21.6 Å². The van der Waals surface area contributed by atoms with Crippen LogP contribution in [0.25, 0.3) is 0 Å². The van der Waals surface area contributed by atoms with Gasteiger partial charge in [-0.3, -0.25) is 14.5 Å². The lowest BCUT2D eigenvalue weighted by Crippen LogP contribution is -2.53. The fourth-order valence-electron chi connectivity index (χ4n) is 4.12. The summed E-state index contributed by atoms with van der Waals surface area (Å²) in [4.78, 5) is 40.1. The summed E-state index contributed by atoms with van der Waals surface area (Å²) in [5, 5.41) is 2.73. The molecule has 0 unspecified atom stereocenters. The Morgan fingerprint density at radius 2 is 1.73 bits per heavy atom. The summed E-state index contributed by atoms with van der Waals surface area (Å²) < 4.78 is 26.7. The Bertz CT molecular complexity index is 955. The van der Waals surface area contributed by atoms with Gasteiger partial charge in [-0.1, -0.05) is 30.3 Å². The number of urea groups is 1. The number of imide groups is 1. The fourth-order valence-corrected chi connectivity index (χ4v) is 5.64. The smallest absolute Gasteiger partial charge is 0.325 e. The highest BCUT2D eigenvalue weighted by Gasteiger charge is 2.56. The number of hydrogen-bond acceptors (Lipinski definition) is 5. The molecule has 0 radical (unpaired) electrons. The van der Waals surface area contributed by atoms with Crippen molar-refractivity contribution in [3.05, 3.63) is 35.9 Å². The van der Waals surface area contributed by atoms with Gasteiger partial charge in [0.25, 0.3) is 5.91 Å². The maximum Gasteiger partial charge on any atom is 0.325 e. The summed E-state index contributed by atoms with van der Waals surface area (Å²) in [6.45, 7) is 2.25. The lowest BCUT2D eigenvalue weighted by molar-refractivity contribution is -0.139. The summed E-state index contributed by atoms with van der Waals surface area (Å²) in [6.07, 6.45) is 1.79. The van der Waals surface area contributed by atoms with Gasteiger partial charge in [-0.25, -0.2) is 13.2 Å².